The summed E-state index contributed by atoms with van der Waals surface area (Å²) in [5, 5.41) is 5.94. The summed E-state index contributed by atoms with van der Waals surface area (Å²) in [7, 11) is 0. The van der Waals surface area contributed by atoms with Crippen LogP contribution in [0.1, 0.15) is 5.56 Å². The maximum Gasteiger partial charge on any atom is 0.0428 e. The Labute approximate surface area is 107 Å². The summed E-state index contributed by atoms with van der Waals surface area (Å²) in [4.78, 5) is 0. The highest BCUT2D eigenvalue weighted by Crippen LogP contribution is 2.32. The maximum absolute atomic E-state index is 4.19. The molecule has 0 unspecified atom stereocenters. The molecule has 18 heavy (non-hydrogen) atoms. The Kier molecular flexibility index (Phi) is 2.73. The molecule has 1 heterocycles. The third-order valence-corrected chi connectivity index (χ3v) is 3.21. The van der Waals surface area contributed by atoms with E-state index in [1.54, 1.807) is 0 Å². The fraction of sp³-hybridized carbons (Fsp3) is 0.0588. The van der Waals surface area contributed by atoms with Gasteiger partial charge in [0.25, 0.3) is 0 Å². The molecular formula is C17H15N. The average molecular weight is 233 g/mol. The first kappa shape index (κ1) is 10.8. The van der Waals surface area contributed by atoms with Crippen molar-refractivity contribution in [1.82, 2.24) is 0 Å². The van der Waals surface area contributed by atoms with Crippen LogP contribution < -0.4 is 5.32 Å². The van der Waals surface area contributed by atoms with Crippen LogP contribution >= 0.6 is 0 Å². The molecule has 0 atom stereocenters. The quantitative estimate of drug-likeness (QED) is 0.711. The second-order valence-corrected chi connectivity index (χ2v) is 4.40. The van der Waals surface area contributed by atoms with Crippen molar-refractivity contribution in [3.05, 3.63) is 72.8 Å². The monoisotopic (exact) mass is 233 g/mol. The Bertz CT molecular complexity index is 662. The van der Waals surface area contributed by atoms with E-state index in [4.69, 9.17) is 0 Å². The van der Waals surface area contributed by atoms with Gasteiger partial charge in [0, 0.05) is 17.8 Å². The van der Waals surface area contributed by atoms with E-state index >= 15 is 0 Å². The van der Waals surface area contributed by atoms with E-state index in [1.165, 1.54) is 16.3 Å². The fourth-order valence-corrected chi connectivity index (χ4v) is 2.34. The predicted octanol–water partition coefficient (Wildman–Crippen LogP) is 4.39. The van der Waals surface area contributed by atoms with Crippen LogP contribution in [0.5, 0.6) is 0 Å². The molecule has 2 aromatic rings. The minimum atomic E-state index is 0.836. The highest BCUT2D eigenvalue weighted by atomic mass is 14.9. The van der Waals surface area contributed by atoms with Gasteiger partial charge in [-0.3, -0.25) is 0 Å². The largest absolute Gasteiger partial charge is 0.381 e. The van der Waals surface area contributed by atoms with Crippen molar-refractivity contribution in [2.75, 3.05) is 11.9 Å². The van der Waals surface area contributed by atoms with Crippen molar-refractivity contribution < 1.29 is 0 Å². The van der Waals surface area contributed by atoms with Gasteiger partial charge in [0.1, 0.15) is 0 Å². The van der Waals surface area contributed by atoms with Gasteiger partial charge in [-0.05, 0) is 22.4 Å². The Morgan fingerprint density at radius 1 is 1.00 bits per heavy atom. The fourth-order valence-electron chi connectivity index (χ4n) is 2.34. The molecule has 0 bridgehead atoms. The van der Waals surface area contributed by atoms with Gasteiger partial charge in [0.15, 0.2) is 0 Å². The summed E-state index contributed by atoms with van der Waals surface area (Å²) in [6.07, 6.45) is 8.26. The lowest BCUT2D eigenvalue weighted by Gasteiger charge is -2.14. The van der Waals surface area contributed by atoms with Crippen molar-refractivity contribution in [3.8, 4) is 0 Å². The van der Waals surface area contributed by atoms with Crippen LogP contribution in [-0.4, -0.2) is 6.54 Å². The molecule has 0 spiro atoms. The number of rotatable bonds is 0. The molecule has 0 radical (unpaired) electrons. The molecule has 1 aliphatic heterocycles. The summed E-state index contributed by atoms with van der Waals surface area (Å²) in [6, 6.07) is 12.7. The zero-order chi connectivity index (χ0) is 12.4. The highest BCUT2D eigenvalue weighted by molar-refractivity contribution is 6.00. The van der Waals surface area contributed by atoms with Gasteiger partial charge in [-0.25, -0.2) is 0 Å². The number of benzene rings is 2. The molecule has 2 aromatic carbocycles. The third kappa shape index (κ3) is 1.84. The van der Waals surface area contributed by atoms with Crippen molar-refractivity contribution in [1.29, 1.82) is 0 Å². The van der Waals surface area contributed by atoms with Gasteiger partial charge in [-0.2, -0.15) is 0 Å². The Morgan fingerprint density at radius 3 is 2.83 bits per heavy atom. The minimum Gasteiger partial charge on any atom is -0.381 e. The van der Waals surface area contributed by atoms with E-state index in [2.05, 4.69) is 60.4 Å². The van der Waals surface area contributed by atoms with Crippen LogP contribution in [-0.2, 0) is 0 Å². The Hall–Kier alpha value is -2.28. The zero-order valence-electron chi connectivity index (χ0n) is 10.2. The topological polar surface area (TPSA) is 12.0 Å². The highest BCUT2D eigenvalue weighted by Gasteiger charge is 2.09. The standard InChI is InChI=1S/C17H15N/c1-13-7-3-2-6-12-18-16-11-10-14-8-4-5-9-15(14)17(13)16/h2-11,18H,1,12H2/b6-2-,7-3-. The van der Waals surface area contributed by atoms with Crippen LogP contribution in [0.2, 0.25) is 0 Å². The average Bonchev–Trinajstić information content (AvgIpc) is 2.50. The first-order valence-corrected chi connectivity index (χ1v) is 6.14. The van der Waals surface area contributed by atoms with Gasteiger partial charge in [0.05, 0.1) is 0 Å². The molecular weight excluding hydrogens is 218 g/mol. The molecule has 0 amide bonds. The molecule has 0 saturated carbocycles. The van der Waals surface area contributed by atoms with Gasteiger partial charge in [-0.15, -0.1) is 0 Å². The number of hydrogen-bond donors (Lipinski definition) is 1. The lowest BCUT2D eigenvalue weighted by atomic mass is 9.97. The Morgan fingerprint density at radius 2 is 1.89 bits per heavy atom. The first-order chi connectivity index (χ1) is 8.86. The molecule has 0 fully saturated rings. The summed E-state index contributed by atoms with van der Waals surface area (Å²) in [5.41, 5.74) is 3.39. The lowest BCUT2D eigenvalue weighted by Crippen LogP contribution is -2.01. The summed E-state index contributed by atoms with van der Waals surface area (Å²) in [6.45, 7) is 5.02. The van der Waals surface area contributed by atoms with E-state index in [9.17, 15) is 0 Å². The normalized spacial score (nSPS) is 18.1. The van der Waals surface area contributed by atoms with Crippen molar-refractivity contribution in [2.24, 2.45) is 0 Å². The zero-order valence-corrected chi connectivity index (χ0v) is 10.2. The number of nitrogens with one attached hydrogen (secondary N) is 1. The molecule has 1 nitrogen and oxygen atoms in total. The second kappa shape index (κ2) is 4.53. The molecule has 0 aliphatic carbocycles. The SMILES string of the molecule is C=C1/C=C\C=C/CNc2ccc3ccccc3c21. The molecule has 1 heteroatoms. The molecule has 0 saturated heterocycles. The van der Waals surface area contributed by atoms with Gasteiger partial charge in [0.2, 0.25) is 0 Å². The number of fused-ring (bicyclic) bond motifs is 3. The molecule has 3 rings (SSSR count). The summed E-state index contributed by atoms with van der Waals surface area (Å²) in [5.74, 6) is 0. The van der Waals surface area contributed by atoms with Gasteiger partial charge >= 0.3 is 0 Å². The molecule has 1 aliphatic rings. The van der Waals surface area contributed by atoms with Crippen LogP contribution in [0.4, 0.5) is 5.69 Å². The molecule has 1 N–H and O–H groups in total. The third-order valence-electron chi connectivity index (χ3n) is 3.21. The number of anilines is 1. The van der Waals surface area contributed by atoms with E-state index < -0.39 is 0 Å². The van der Waals surface area contributed by atoms with Crippen LogP contribution in [0, 0.1) is 0 Å². The molecule has 88 valence electrons. The second-order valence-electron chi connectivity index (χ2n) is 4.40. The summed E-state index contributed by atoms with van der Waals surface area (Å²) < 4.78 is 0. The first-order valence-electron chi connectivity index (χ1n) is 6.14. The lowest BCUT2D eigenvalue weighted by molar-refractivity contribution is 1.34. The van der Waals surface area contributed by atoms with E-state index in [0.29, 0.717) is 0 Å². The van der Waals surface area contributed by atoms with Gasteiger partial charge < -0.3 is 5.32 Å². The van der Waals surface area contributed by atoms with Gasteiger partial charge in [-0.1, -0.05) is 61.2 Å². The van der Waals surface area contributed by atoms with Crippen LogP contribution in [0.15, 0.2) is 67.3 Å². The van der Waals surface area contributed by atoms with Crippen molar-refractivity contribution >= 4 is 22.0 Å². The maximum atomic E-state index is 4.19. The molecule has 0 aromatic heterocycles. The minimum absolute atomic E-state index is 0.836. The predicted molar refractivity (Wildman–Crippen MR) is 79.8 cm³/mol. The van der Waals surface area contributed by atoms with E-state index in [1.807, 2.05) is 12.2 Å². The van der Waals surface area contributed by atoms with E-state index in [-0.39, 0.29) is 0 Å². The number of allylic oxidation sites excluding steroid dienone is 4. The van der Waals surface area contributed by atoms with E-state index in [0.717, 1.165) is 17.8 Å². The number of hydrogen-bond acceptors (Lipinski definition) is 1. The Balaban J connectivity index is 2.29. The summed E-state index contributed by atoms with van der Waals surface area (Å²) >= 11 is 0. The van der Waals surface area contributed by atoms with Crippen molar-refractivity contribution in [3.63, 3.8) is 0 Å². The van der Waals surface area contributed by atoms with Crippen LogP contribution in [0.3, 0.4) is 0 Å². The smallest absolute Gasteiger partial charge is 0.0428 e. The van der Waals surface area contributed by atoms with Crippen LogP contribution in [0.25, 0.3) is 16.3 Å². The van der Waals surface area contributed by atoms with Crippen molar-refractivity contribution in [2.45, 2.75) is 0 Å².